The molecule has 1 aromatic carbocycles. The third-order valence-electron chi connectivity index (χ3n) is 6.21. The van der Waals surface area contributed by atoms with Crippen molar-refractivity contribution in [3.63, 3.8) is 0 Å². The fourth-order valence-corrected chi connectivity index (χ4v) is 8.32. The van der Waals surface area contributed by atoms with Gasteiger partial charge >= 0.3 is 12.1 Å². The van der Waals surface area contributed by atoms with Gasteiger partial charge < -0.3 is 41.1 Å². The summed E-state index contributed by atoms with van der Waals surface area (Å²) in [6.45, 7) is 3.52. The molecule has 3 aromatic rings. The van der Waals surface area contributed by atoms with E-state index in [4.69, 9.17) is 15.3 Å². The van der Waals surface area contributed by atoms with E-state index in [1.807, 2.05) is 0 Å². The summed E-state index contributed by atoms with van der Waals surface area (Å²) in [5.41, 5.74) is 6.07. The molecule has 2 aliphatic heterocycles. The number of anilines is 1. The minimum absolute atomic E-state index is 0.00675. The molecule has 0 bridgehead atoms. The van der Waals surface area contributed by atoms with Gasteiger partial charge in [0.1, 0.15) is 23.7 Å². The molecule has 0 radical (unpaired) electrons. The van der Waals surface area contributed by atoms with Crippen LogP contribution in [0.3, 0.4) is 0 Å². The number of aromatic carboxylic acids is 1. The summed E-state index contributed by atoms with van der Waals surface area (Å²) in [7, 11) is 0. The van der Waals surface area contributed by atoms with Crippen LogP contribution in [0.2, 0.25) is 0 Å². The molecular formula is C26H22N6O10S4. The molecule has 46 heavy (non-hydrogen) atoms. The number of carbonyl (C=O) groups excluding carboxylic acids is 2. The topological polar surface area (TPSA) is 247 Å². The van der Waals surface area contributed by atoms with Gasteiger partial charge in [-0.3, -0.25) is 14.5 Å². The molecular weight excluding hydrogens is 685 g/mol. The highest BCUT2D eigenvalue weighted by Crippen LogP contribution is 2.43. The van der Waals surface area contributed by atoms with Gasteiger partial charge in [0, 0.05) is 22.5 Å². The normalized spacial score (nSPS) is 17.6. The Labute approximate surface area is 275 Å². The molecule has 1 saturated heterocycles. The summed E-state index contributed by atoms with van der Waals surface area (Å²) >= 11 is 4.44. The molecule has 2 aromatic heterocycles. The molecule has 240 valence electrons. The monoisotopic (exact) mass is 706 g/mol. The number of nitrogens with one attached hydrogen (secondary N) is 1. The van der Waals surface area contributed by atoms with Gasteiger partial charge in [-0.1, -0.05) is 29.6 Å². The number of carboxylic acids is 1. The van der Waals surface area contributed by atoms with E-state index in [0.717, 1.165) is 39.3 Å². The molecule has 2 amide bonds. The SMILES string of the molecule is C=CCON=C(C(=O)N[C@@H]1C(=O)N2C(OC(=O)O)=C(CSc3nc(C(=O)O)c(-c4ccc(O)c(O)c4)s3)CS[C@@H]12)c1csc(N)n1. The number of fused-ring (bicyclic) bond motifs is 1. The Bertz CT molecular complexity index is 1800. The van der Waals surface area contributed by atoms with E-state index in [-0.39, 0.29) is 56.9 Å². The van der Waals surface area contributed by atoms with Crippen LogP contribution in [0.4, 0.5) is 9.93 Å². The zero-order valence-corrected chi connectivity index (χ0v) is 26.4. The molecule has 7 N–H and O–H groups in total. The largest absolute Gasteiger partial charge is 0.512 e. The second-order valence-electron chi connectivity index (χ2n) is 9.19. The van der Waals surface area contributed by atoms with Crippen LogP contribution in [0.15, 0.2) is 57.2 Å². The highest BCUT2D eigenvalue weighted by atomic mass is 32.2. The number of carbonyl (C=O) groups is 4. The van der Waals surface area contributed by atoms with E-state index < -0.39 is 41.1 Å². The van der Waals surface area contributed by atoms with Crippen LogP contribution in [0.1, 0.15) is 16.2 Å². The minimum atomic E-state index is -1.66. The van der Waals surface area contributed by atoms with Gasteiger partial charge in [0.25, 0.3) is 11.8 Å². The van der Waals surface area contributed by atoms with Crippen LogP contribution >= 0.6 is 46.2 Å². The highest BCUT2D eigenvalue weighted by Gasteiger charge is 2.54. The first kappa shape index (κ1) is 32.6. The van der Waals surface area contributed by atoms with Crippen LogP contribution in [-0.2, 0) is 19.2 Å². The van der Waals surface area contributed by atoms with Crippen molar-refractivity contribution in [2.75, 3.05) is 23.8 Å². The van der Waals surface area contributed by atoms with E-state index in [1.54, 1.807) is 0 Å². The third-order valence-corrected chi connectivity index (χ3v) is 10.6. The summed E-state index contributed by atoms with van der Waals surface area (Å²) < 4.78 is 5.33. The van der Waals surface area contributed by atoms with Crippen molar-refractivity contribution in [3.8, 4) is 21.9 Å². The number of nitrogen functional groups attached to an aromatic ring is 1. The molecule has 2 atom stereocenters. The van der Waals surface area contributed by atoms with Gasteiger partial charge in [-0.25, -0.2) is 19.6 Å². The van der Waals surface area contributed by atoms with Crippen LogP contribution in [-0.4, -0.2) is 94.5 Å². The maximum Gasteiger partial charge on any atom is 0.512 e. The molecule has 0 unspecified atom stereocenters. The van der Waals surface area contributed by atoms with Gasteiger partial charge in [-0.2, -0.15) is 0 Å². The number of carboxylic acid groups (broad SMARTS) is 2. The first-order valence-electron chi connectivity index (χ1n) is 12.8. The standard InChI is InChI=1S/C26H22N6O10S4/c1-2-5-41-31-15(12-9-44-24(27)28-12)19(35)29-17-20(36)32-21(42-26(39)40)11(7-43-22(17)32)8-45-25-30-16(23(37)38)18(46-25)10-3-4-13(33)14(34)6-10/h2-4,6,9,17,22,33-34H,1,5,7-8H2,(H2,27,28)(H,29,35)(H,37,38)(H,39,40)/t17-,22+/m1/s1. The van der Waals surface area contributed by atoms with E-state index in [2.05, 4.69) is 27.0 Å². The molecule has 4 heterocycles. The molecule has 0 aliphatic carbocycles. The zero-order chi connectivity index (χ0) is 33.1. The molecule has 1 fully saturated rings. The van der Waals surface area contributed by atoms with Gasteiger partial charge in [0.2, 0.25) is 5.88 Å². The molecule has 16 nitrogen and oxygen atoms in total. The summed E-state index contributed by atoms with van der Waals surface area (Å²) in [4.78, 5) is 64.5. The lowest BCUT2D eigenvalue weighted by Crippen LogP contribution is -2.70. The lowest BCUT2D eigenvalue weighted by molar-refractivity contribution is -0.148. The van der Waals surface area contributed by atoms with Crippen molar-refractivity contribution in [1.29, 1.82) is 0 Å². The average molecular weight is 707 g/mol. The van der Waals surface area contributed by atoms with E-state index in [1.165, 1.54) is 41.4 Å². The Morgan fingerprint density at radius 3 is 2.67 bits per heavy atom. The van der Waals surface area contributed by atoms with E-state index >= 15 is 0 Å². The van der Waals surface area contributed by atoms with Gasteiger partial charge in [0.15, 0.2) is 32.4 Å². The Morgan fingerprint density at radius 1 is 1.24 bits per heavy atom. The second kappa shape index (κ2) is 13.7. The predicted molar refractivity (Wildman–Crippen MR) is 169 cm³/mol. The number of hydrogen-bond donors (Lipinski definition) is 6. The van der Waals surface area contributed by atoms with Crippen molar-refractivity contribution in [2.24, 2.45) is 5.16 Å². The number of aromatic nitrogens is 2. The number of oxime groups is 1. The molecule has 5 rings (SSSR count). The minimum Gasteiger partial charge on any atom is -0.504 e. The fourth-order valence-electron chi connectivity index (χ4n) is 4.19. The first-order chi connectivity index (χ1) is 22.0. The maximum absolute atomic E-state index is 13.3. The number of aromatic hydroxyl groups is 2. The number of ether oxygens (including phenoxy) is 1. The Morgan fingerprint density at radius 2 is 2.02 bits per heavy atom. The predicted octanol–water partition coefficient (Wildman–Crippen LogP) is 2.96. The summed E-state index contributed by atoms with van der Waals surface area (Å²) in [6.07, 6.45) is -0.234. The van der Waals surface area contributed by atoms with Crippen molar-refractivity contribution in [2.45, 2.75) is 15.8 Å². The van der Waals surface area contributed by atoms with E-state index in [0.29, 0.717) is 15.5 Å². The molecule has 0 saturated carbocycles. The number of β-lactam (4-membered cyclic amide) rings is 1. The van der Waals surface area contributed by atoms with Crippen LogP contribution in [0, 0.1) is 0 Å². The number of thiazole rings is 2. The summed E-state index contributed by atoms with van der Waals surface area (Å²) in [5, 5.41) is 46.0. The van der Waals surface area contributed by atoms with Crippen molar-refractivity contribution < 1.29 is 49.2 Å². The molecule has 0 spiro atoms. The Kier molecular flexibility index (Phi) is 9.70. The number of nitrogens with two attached hydrogens (primary N) is 1. The number of benzene rings is 1. The maximum atomic E-state index is 13.3. The van der Waals surface area contributed by atoms with Crippen molar-refractivity contribution in [3.05, 3.63) is 59.1 Å². The van der Waals surface area contributed by atoms with Crippen LogP contribution < -0.4 is 11.1 Å². The van der Waals surface area contributed by atoms with E-state index in [9.17, 15) is 39.6 Å². The number of amides is 2. The zero-order valence-electron chi connectivity index (χ0n) is 23.1. The summed E-state index contributed by atoms with van der Waals surface area (Å²) in [6, 6.07) is 2.81. The van der Waals surface area contributed by atoms with Gasteiger partial charge in [-0.15, -0.1) is 34.4 Å². The highest BCUT2D eigenvalue weighted by molar-refractivity contribution is 8.02. The lowest BCUT2D eigenvalue weighted by atomic mass is 10.1. The number of hydrogen-bond acceptors (Lipinski definition) is 16. The van der Waals surface area contributed by atoms with Crippen LogP contribution in [0.5, 0.6) is 11.5 Å². The average Bonchev–Trinajstić information content (AvgIpc) is 3.64. The number of thioether (sulfide) groups is 2. The first-order valence-corrected chi connectivity index (χ1v) is 16.5. The molecule has 20 heteroatoms. The fraction of sp³-hybridized carbons (Fsp3) is 0.192. The van der Waals surface area contributed by atoms with Gasteiger partial charge in [0.05, 0.1) is 4.88 Å². The van der Waals surface area contributed by atoms with Crippen molar-refractivity contribution in [1.82, 2.24) is 20.2 Å². The number of rotatable bonds is 12. The Balaban J connectivity index is 1.34. The van der Waals surface area contributed by atoms with Crippen molar-refractivity contribution >= 4 is 81.0 Å². The Hall–Kier alpha value is -4.79. The third kappa shape index (κ3) is 6.73. The molecule has 2 aliphatic rings. The summed E-state index contributed by atoms with van der Waals surface area (Å²) in [5.74, 6) is -3.44. The number of phenols is 2. The number of phenolic OH excluding ortho intramolecular Hbond substituents is 2. The number of nitrogens with zero attached hydrogens (tertiary/aromatic N) is 4. The van der Waals surface area contributed by atoms with Crippen LogP contribution in [0.25, 0.3) is 10.4 Å². The quantitative estimate of drug-likeness (QED) is 0.0232. The second-order valence-corrected chi connectivity index (χ2v) is 13.4. The smallest absolute Gasteiger partial charge is 0.504 e. The van der Waals surface area contributed by atoms with Gasteiger partial charge in [-0.05, 0) is 23.8 Å². The lowest BCUT2D eigenvalue weighted by Gasteiger charge is -2.49.